The molecular weight excluding hydrogens is 134 g/mol. The number of hydrogen-bond donors (Lipinski definition) is 1. The lowest BCUT2D eigenvalue weighted by Gasteiger charge is -2.13. The van der Waals surface area contributed by atoms with Crippen molar-refractivity contribution in [3.05, 3.63) is 0 Å². The van der Waals surface area contributed by atoms with E-state index in [1.54, 1.807) is 0 Å². The van der Waals surface area contributed by atoms with Crippen molar-refractivity contribution < 1.29 is 0 Å². The summed E-state index contributed by atoms with van der Waals surface area (Å²) in [5, 5.41) is 0. The Morgan fingerprint density at radius 1 is 1.00 bits per heavy atom. The third-order valence-corrected chi connectivity index (χ3v) is 3.36. The predicted octanol–water partition coefficient (Wildman–Crippen LogP) is 2.30. The number of nitrogens with two attached hydrogens (primary N) is 1. The predicted molar refractivity (Wildman–Crippen MR) is 47.3 cm³/mol. The molecule has 2 saturated carbocycles. The highest BCUT2D eigenvalue weighted by Crippen LogP contribution is 2.37. The molecule has 0 bridgehead atoms. The molecule has 0 aliphatic heterocycles. The highest BCUT2D eigenvalue weighted by Gasteiger charge is 2.27. The Labute approximate surface area is 69.4 Å². The van der Waals surface area contributed by atoms with Crippen LogP contribution in [-0.2, 0) is 0 Å². The van der Waals surface area contributed by atoms with E-state index in [2.05, 4.69) is 0 Å². The van der Waals surface area contributed by atoms with Crippen LogP contribution >= 0.6 is 0 Å². The van der Waals surface area contributed by atoms with E-state index >= 15 is 0 Å². The van der Waals surface area contributed by atoms with Gasteiger partial charge in [-0.1, -0.05) is 25.7 Å². The fourth-order valence-corrected chi connectivity index (χ4v) is 2.28. The normalized spacial score (nSPS) is 37.9. The lowest BCUT2D eigenvalue weighted by molar-refractivity contribution is 0.421. The first-order valence-electron chi connectivity index (χ1n) is 5.12. The van der Waals surface area contributed by atoms with Crippen LogP contribution in [0, 0.1) is 11.8 Å². The maximum absolute atomic E-state index is 5.99. The SMILES string of the molecule is NC1CCCC1CCC1CC1. The van der Waals surface area contributed by atoms with E-state index < -0.39 is 0 Å². The van der Waals surface area contributed by atoms with Crippen LogP contribution in [0.1, 0.15) is 44.9 Å². The Morgan fingerprint density at radius 3 is 2.36 bits per heavy atom. The van der Waals surface area contributed by atoms with Crippen LogP contribution in [-0.4, -0.2) is 6.04 Å². The van der Waals surface area contributed by atoms with E-state index in [1.807, 2.05) is 0 Å². The molecule has 2 atom stereocenters. The third kappa shape index (κ3) is 1.96. The number of rotatable bonds is 3. The van der Waals surface area contributed by atoms with Gasteiger partial charge in [0.25, 0.3) is 0 Å². The molecule has 2 fully saturated rings. The molecule has 1 nitrogen and oxygen atoms in total. The average Bonchev–Trinajstić information content (AvgIpc) is 2.73. The van der Waals surface area contributed by atoms with Crippen LogP contribution < -0.4 is 5.73 Å². The van der Waals surface area contributed by atoms with Crippen LogP contribution in [0.25, 0.3) is 0 Å². The van der Waals surface area contributed by atoms with E-state index in [0.29, 0.717) is 6.04 Å². The standard InChI is InChI=1S/C10H19N/c11-10-3-1-2-9(10)7-6-8-4-5-8/h8-10H,1-7,11H2. The summed E-state index contributed by atoms with van der Waals surface area (Å²) in [5.41, 5.74) is 5.99. The molecule has 0 saturated heterocycles. The summed E-state index contributed by atoms with van der Waals surface area (Å²) < 4.78 is 0. The molecule has 64 valence electrons. The van der Waals surface area contributed by atoms with Crippen molar-refractivity contribution in [3.8, 4) is 0 Å². The topological polar surface area (TPSA) is 26.0 Å². The van der Waals surface area contributed by atoms with Gasteiger partial charge in [0.15, 0.2) is 0 Å². The molecule has 0 amide bonds. The molecular formula is C10H19N. The summed E-state index contributed by atoms with van der Waals surface area (Å²) in [5.74, 6) is 1.98. The second-order valence-corrected chi connectivity index (χ2v) is 4.38. The van der Waals surface area contributed by atoms with Gasteiger partial charge in [-0.15, -0.1) is 0 Å². The van der Waals surface area contributed by atoms with Crippen molar-refractivity contribution in [2.75, 3.05) is 0 Å². The van der Waals surface area contributed by atoms with Crippen molar-refractivity contribution in [1.82, 2.24) is 0 Å². The summed E-state index contributed by atoms with van der Waals surface area (Å²) in [6, 6.07) is 0.550. The Balaban J connectivity index is 1.67. The molecule has 0 heterocycles. The summed E-state index contributed by atoms with van der Waals surface area (Å²) in [4.78, 5) is 0. The molecule has 0 aromatic rings. The zero-order chi connectivity index (χ0) is 7.68. The Morgan fingerprint density at radius 2 is 1.82 bits per heavy atom. The van der Waals surface area contributed by atoms with Crippen LogP contribution in [0.3, 0.4) is 0 Å². The lowest BCUT2D eigenvalue weighted by atomic mass is 9.97. The van der Waals surface area contributed by atoms with Crippen LogP contribution in [0.15, 0.2) is 0 Å². The van der Waals surface area contributed by atoms with Crippen molar-refractivity contribution in [3.63, 3.8) is 0 Å². The molecule has 2 rings (SSSR count). The van der Waals surface area contributed by atoms with Gasteiger partial charge in [0.2, 0.25) is 0 Å². The minimum Gasteiger partial charge on any atom is -0.327 e. The van der Waals surface area contributed by atoms with E-state index in [-0.39, 0.29) is 0 Å². The second kappa shape index (κ2) is 3.14. The van der Waals surface area contributed by atoms with Gasteiger partial charge in [0.1, 0.15) is 0 Å². The fraction of sp³-hybridized carbons (Fsp3) is 1.00. The smallest absolute Gasteiger partial charge is 0.00671 e. The van der Waals surface area contributed by atoms with E-state index in [0.717, 1.165) is 11.8 Å². The molecule has 1 heteroatoms. The molecule has 2 unspecified atom stereocenters. The monoisotopic (exact) mass is 153 g/mol. The van der Waals surface area contributed by atoms with Crippen LogP contribution in [0.4, 0.5) is 0 Å². The van der Waals surface area contributed by atoms with E-state index in [9.17, 15) is 0 Å². The molecule has 0 aromatic heterocycles. The first-order valence-corrected chi connectivity index (χ1v) is 5.12. The summed E-state index contributed by atoms with van der Waals surface area (Å²) in [7, 11) is 0. The van der Waals surface area contributed by atoms with Gasteiger partial charge in [-0.05, 0) is 31.1 Å². The highest BCUT2D eigenvalue weighted by atomic mass is 14.7. The first kappa shape index (κ1) is 7.60. The van der Waals surface area contributed by atoms with Gasteiger partial charge in [-0.25, -0.2) is 0 Å². The third-order valence-electron chi connectivity index (χ3n) is 3.36. The Kier molecular flexibility index (Phi) is 2.17. The van der Waals surface area contributed by atoms with Crippen LogP contribution in [0.5, 0.6) is 0 Å². The quantitative estimate of drug-likeness (QED) is 0.661. The van der Waals surface area contributed by atoms with Gasteiger partial charge in [-0.3, -0.25) is 0 Å². The van der Waals surface area contributed by atoms with Crippen molar-refractivity contribution in [2.45, 2.75) is 51.0 Å². The molecule has 2 aliphatic carbocycles. The second-order valence-electron chi connectivity index (χ2n) is 4.38. The van der Waals surface area contributed by atoms with E-state index in [4.69, 9.17) is 5.73 Å². The molecule has 0 spiro atoms. The Hall–Kier alpha value is -0.0400. The molecule has 2 aliphatic rings. The zero-order valence-electron chi connectivity index (χ0n) is 7.26. The summed E-state index contributed by atoms with van der Waals surface area (Å²) in [6.07, 6.45) is 9.98. The van der Waals surface area contributed by atoms with Gasteiger partial charge in [-0.2, -0.15) is 0 Å². The maximum Gasteiger partial charge on any atom is 0.00671 e. The lowest BCUT2D eigenvalue weighted by Crippen LogP contribution is -2.24. The maximum atomic E-state index is 5.99. The van der Waals surface area contributed by atoms with Gasteiger partial charge in [0.05, 0.1) is 0 Å². The van der Waals surface area contributed by atoms with Crippen molar-refractivity contribution in [1.29, 1.82) is 0 Å². The zero-order valence-corrected chi connectivity index (χ0v) is 7.26. The van der Waals surface area contributed by atoms with Crippen LogP contribution in [0.2, 0.25) is 0 Å². The highest BCUT2D eigenvalue weighted by molar-refractivity contribution is 4.82. The minimum atomic E-state index is 0.550. The minimum absolute atomic E-state index is 0.550. The summed E-state index contributed by atoms with van der Waals surface area (Å²) >= 11 is 0. The summed E-state index contributed by atoms with van der Waals surface area (Å²) in [6.45, 7) is 0. The molecule has 0 radical (unpaired) electrons. The first-order chi connectivity index (χ1) is 5.36. The average molecular weight is 153 g/mol. The van der Waals surface area contributed by atoms with E-state index in [1.165, 1.54) is 44.9 Å². The van der Waals surface area contributed by atoms with Crippen molar-refractivity contribution >= 4 is 0 Å². The molecule has 0 aromatic carbocycles. The Bertz CT molecular complexity index is 129. The van der Waals surface area contributed by atoms with Gasteiger partial charge < -0.3 is 5.73 Å². The van der Waals surface area contributed by atoms with Gasteiger partial charge >= 0.3 is 0 Å². The fourth-order valence-electron chi connectivity index (χ4n) is 2.28. The van der Waals surface area contributed by atoms with Gasteiger partial charge in [0, 0.05) is 6.04 Å². The molecule has 2 N–H and O–H groups in total. The van der Waals surface area contributed by atoms with Crippen molar-refractivity contribution in [2.24, 2.45) is 17.6 Å². The molecule has 11 heavy (non-hydrogen) atoms. The number of hydrogen-bond acceptors (Lipinski definition) is 1. The largest absolute Gasteiger partial charge is 0.327 e.